The van der Waals surface area contributed by atoms with Crippen LogP contribution in [0.5, 0.6) is 0 Å². The van der Waals surface area contributed by atoms with Gasteiger partial charge in [-0.15, -0.1) is 0 Å². The first kappa shape index (κ1) is 18.7. The largest absolute Gasteiger partial charge is 0.348 e. The molecule has 148 valence electrons. The highest BCUT2D eigenvalue weighted by molar-refractivity contribution is 5.74. The molecule has 2 amide bonds. The van der Waals surface area contributed by atoms with Crippen molar-refractivity contribution < 1.29 is 14.3 Å². The van der Waals surface area contributed by atoms with Crippen LogP contribution in [0, 0.1) is 6.92 Å². The molecule has 0 aromatic heterocycles. The molecule has 1 aromatic rings. The Bertz CT molecular complexity index is 642. The van der Waals surface area contributed by atoms with E-state index in [0.717, 1.165) is 58.4 Å². The molecule has 1 N–H and O–H groups in total. The number of amides is 2. The topological polar surface area (TPSA) is 54.0 Å². The first-order valence-corrected chi connectivity index (χ1v) is 10.2. The fraction of sp³-hybridized carbons (Fsp3) is 0.667. The van der Waals surface area contributed by atoms with Gasteiger partial charge in [0, 0.05) is 51.6 Å². The van der Waals surface area contributed by atoms with E-state index in [1.165, 1.54) is 11.1 Å². The number of carbonyl (C=O) groups excluding carboxylic acids is 1. The zero-order chi connectivity index (χ0) is 18.7. The van der Waals surface area contributed by atoms with Gasteiger partial charge in [-0.25, -0.2) is 4.79 Å². The summed E-state index contributed by atoms with van der Waals surface area (Å²) < 4.78 is 11.5. The van der Waals surface area contributed by atoms with Crippen LogP contribution in [0.1, 0.15) is 36.8 Å². The molecule has 1 saturated carbocycles. The Kier molecular flexibility index (Phi) is 5.66. The third kappa shape index (κ3) is 4.62. The van der Waals surface area contributed by atoms with Crippen LogP contribution in [-0.2, 0) is 16.0 Å². The summed E-state index contributed by atoms with van der Waals surface area (Å²) in [6.45, 7) is 7.92. The number of ether oxygens (including phenoxy) is 2. The maximum Gasteiger partial charge on any atom is 0.317 e. The molecule has 0 radical (unpaired) electrons. The number of urea groups is 1. The lowest BCUT2D eigenvalue weighted by molar-refractivity contribution is -0.179. The lowest BCUT2D eigenvalue weighted by Gasteiger charge is -2.38. The molecular formula is C21H31N3O3. The van der Waals surface area contributed by atoms with E-state index in [2.05, 4.69) is 41.4 Å². The fourth-order valence-corrected chi connectivity index (χ4v) is 4.43. The van der Waals surface area contributed by atoms with Gasteiger partial charge in [-0.3, -0.25) is 4.90 Å². The molecule has 3 aliphatic rings. The Morgan fingerprint density at radius 1 is 1.15 bits per heavy atom. The van der Waals surface area contributed by atoms with Crippen LogP contribution in [0.25, 0.3) is 0 Å². The summed E-state index contributed by atoms with van der Waals surface area (Å²) in [4.78, 5) is 17.0. The van der Waals surface area contributed by atoms with Gasteiger partial charge >= 0.3 is 6.03 Å². The molecule has 0 bridgehead atoms. The van der Waals surface area contributed by atoms with Gasteiger partial charge in [-0.05, 0) is 25.3 Å². The van der Waals surface area contributed by atoms with Crippen LogP contribution in [-0.4, -0.2) is 67.1 Å². The fourth-order valence-electron chi connectivity index (χ4n) is 4.43. The van der Waals surface area contributed by atoms with Crippen LogP contribution >= 0.6 is 0 Å². The normalized spacial score (nSPS) is 23.7. The number of aryl methyl sites for hydroxylation is 1. The molecule has 1 spiro atoms. The Balaban J connectivity index is 1.20. The monoisotopic (exact) mass is 373 g/mol. The third-order valence-electron chi connectivity index (χ3n) is 6.04. The van der Waals surface area contributed by atoms with Gasteiger partial charge in [0.2, 0.25) is 0 Å². The average molecular weight is 373 g/mol. The molecule has 3 fully saturated rings. The van der Waals surface area contributed by atoms with E-state index in [1.54, 1.807) is 0 Å². The van der Waals surface area contributed by atoms with Crippen LogP contribution in [0.3, 0.4) is 0 Å². The van der Waals surface area contributed by atoms with E-state index in [4.69, 9.17) is 9.47 Å². The van der Waals surface area contributed by atoms with E-state index in [-0.39, 0.29) is 17.9 Å². The first-order chi connectivity index (χ1) is 13.1. The van der Waals surface area contributed by atoms with Crippen LogP contribution in [0.15, 0.2) is 24.3 Å². The van der Waals surface area contributed by atoms with E-state index >= 15 is 0 Å². The summed E-state index contributed by atoms with van der Waals surface area (Å²) >= 11 is 0. The van der Waals surface area contributed by atoms with Crippen molar-refractivity contribution >= 4 is 6.03 Å². The zero-order valence-corrected chi connectivity index (χ0v) is 16.3. The summed E-state index contributed by atoms with van der Waals surface area (Å²) in [7, 11) is 0. The smallest absolute Gasteiger partial charge is 0.317 e. The van der Waals surface area contributed by atoms with Gasteiger partial charge in [-0.1, -0.05) is 29.8 Å². The van der Waals surface area contributed by atoms with Crippen molar-refractivity contribution in [2.75, 3.05) is 39.4 Å². The van der Waals surface area contributed by atoms with Crippen molar-refractivity contribution in [3.05, 3.63) is 35.4 Å². The van der Waals surface area contributed by atoms with Gasteiger partial charge in [0.15, 0.2) is 5.79 Å². The molecule has 0 atom stereocenters. The summed E-state index contributed by atoms with van der Waals surface area (Å²) in [6.07, 6.45) is 3.61. The summed E-state index contributed by atoms with van der Waals surface area (Å²) in [6, 6.07) is 8.99. The number of nitrogens with zero attached hydrogens (tertiary/aromatic N) is 2. The van der Waals surface area contributed by atoms with E-state index in [1.807, 2.05) is 4.90 Å². The number of carbonyl (C=O) groups is 1. The first-order valence-electron chi connectivity index (χ1n) is 10.2. The average Bonchev–Trinajstić information content (AvgIpc) is 3.13. The Hall–Kier alpha value is -1.63. The molecule has 2 heterocycles. The Labute approximate surface area is 161 Å². The molecule has 2 saturated heterocycles. The van der Waals surface area contributed by atoms with Gasteiger partial charge in [0.1, 0.15) is 0 Å². The number of nitrogens with one attached hydrogen (secondary N) is 1. The number of rotatable bonds is 3. The number of benzene rings is 1. The maximum absolute atomic E-state index is 12.6. The molecule has 2 aliphatic heterocycles. The van der Waals surface area contributed by atoms with E-state index < -0.39 is 0 Å². The summed E-state index contributed by atoms with van der Waals surface area (Å²) in [5.41, 5.74) is 2.65. The van der Waals surface area contributed by atoms with Crippen LogP contribution in [0.4, 0.5) is 4.79 Å². The highest BCUT2D eigenvalue weighted by atomic mass is 16.7. The predicted molar refractivity (Wildman–Crippen MR) is 103 cm³/mol. The molecule has 4 rings (SSSR count). The number of hydrogen-bond acceptors (Lipinski definition) is 4. The van der Waals surface area contributed by atoms with Crippen molar-refractivity contribution in [3.8, 4) is 0 Å². The molecule has 27 heavy (non-hydrogen) atoms. The van der Waals surface area contributed by atoms with Gasteiger partial charge in [0.05, 0.1) is 13.2 Å². The van der Waals surface area contributed by atoms with Gasteiger partial charge in [-0.2, -0.15) is 0 Å². The second kappa shape index (κ2) is 8.17. The second-order valence-corrected chi connectivity index (χ2v) is 8.08. The minimum Gasteiger partial charge on any atom is -0.348 e. The minimum atomic E-state index is -0.358. The van der Waals surface area contributed by atoms with Crippen molar-refractivity contribution in [1.82, 2.24) is 15.1 Å². The molecule has 6 nitrogen and oxygen atoms in total. The van der Waals surface area contributed by atoms with Crippen molar-refractivity contribution in [2.45, 2.75) is 51.0 Å². The molecule has 1 aromatic carbocycles. The zero-order valence-electron chi connectivity index (χ0n) is 16.3. The molecule has 1 aliphatic carbocycles. The van der Waals surface area contributed by atoms with Gasteiger partial charge < -0.3 is 19.7 Å². The molecule has 0 unspecified atom stereocenters. The minimum absolute atomic E-state index is 0.0828. The second-order valence-electron chi connectivity index (χ2n) is 8.08. The SMILES string of the molecule is Cc1cccc(CN2CCN(C(=O)NC3CCC4(CC3)OCCO4)CC2)c1. The quantitative estimate of drug-likeness (QED) is 0.885. The number of hydrogen-bond donors (Lipinski definition) is 1. The maximum atomic E-state index is 12.6. The van der Waals surface area contributed by atoms with Crippen molar-refractivity contribution in [2.24, 2.45) is 0 Å². The number of piperazine rings is 1. The summed E-state index contributed by atoms with van der Waals surface area (Å²) in [5, 5.41) is 3.22. The predicted octanol–water partition coefficient (Wildman–Crippen LogP) is 2.51. The van der Waals surface area contributed by atoms with E-state index in [0.29, 0.717) is 13.2 Å². The highest BCUT2D eigenvalue weighted by Gasteiger charge is 2.40. The van der Waals surface area contributed by atoms with Gasteiger partial charge in [0.25, 0.3) is 0 Å². The standard InChI is InChI=1S/C21H31N3O3/c1-17-3-2-4-18(15-17)16-23-9-11-24(12-10-23)20(25)22-19-5-7-21(8-6-19)26-13-14-27-21/h2-4,15,19H,5-14,16H2,1H3,(H,22,25). The summed E-state index contributed by atoms with van der Waals surface area (Å²) in [5.74, 6) is -0.358. The lowest BCUT2D eigenvalue weighted by atomic mass is 9.90. The highest BCUT2D eigenvalue weighted by Crippen LogP contribution is 2.35. The van der Waals surface area contributed by atoms with E-state index in [9.17, 15) is 4.79 Å². The van der Waals surface area contributed by atoms with Crippen molar-refractivity contribution in [3.63, 3.8) is 0 Å². The third-order valence-corrected chi connectivity index (χ3v) is 6.04. The van der Waals surface area contributed by atoms with Crippen LogP contribution < -0.4 is 5.32 Å². The lowest BCUT2D eigenvalue weighted by Crippen LogP contribution is -2.54. The van der Waals surface area contributed by atoms with Crippen LogP contribution in [0.2, 0.25) is 0 Å². The molecular weight excluding hydrogens is 342 g/mol. The Morgan fingerprint density at radius 3 is 2.52 bits per heavy atom. The Morgan fingerprint density at radius 2 is 1.85 bits per heavy atom. The van der Waals surface area contributed by atoms with Crippen molar-refractivity contribution in [1.29, 1.82) is 0 Å². The molecule has 6 heteroatoms.